The Morgan fingerprint density at radius 2 is 1.96 bits per heavy atom. The van der Waals surface area contributed by atoms with Gasteiger partial charge in [-0.2, -0.15) is 0 Å². The molecule has 1 aromatic heterocycles. The monoisotopic (exact) mass is 375 g/mol. The van der Waals surface area contributed by atoms with Crippen molar-refractivity contribution in [2.45, 2.75) is 38.8 Å². The molecular weight excluding hydrogens is 350 g/mol. The van der Waals surface area contributed by atoms with E-state index in [1.165, 1.54) is 30.9 Å². The van der Waals surface area contributed by atoms with Gasteiger partial charge < -0.3 is 10.6 Å². The SMILES string of the molecule is CC(=O)Nc1ccc(CCn2cc(-c3ccc(C4CCCN4)cc3)nn2)cc1. The number of hydrogen-bond donors (Lipinski definition) is 2. The first-order valence-corrected chi connectivity index (χ1v) is 9.78. The molecule has 144 valence electrons. The van der Waals surface area contributed by atoms with Crippen LogP contribution in [0, 0.1) is 0 Å². The van der Waals surface area contributed by atoms with Crippen molar-refractivity contribution < 1.29 is 4.79 Å². The zero-order valence-electron chi connectivity index (χ0n) is 16.1. The van der Waals surface area contributed by atoms with E-state index in [4.69, 9.17) is 0 Å². The lowest BCUT2D eigenvalue weighted by Crippen LogP contribution is -2.12. The fraction of sp³-hybridized carbons (Fsp3) is 0.318. The number of aryl methyl sites for hydroxylation is 2. The minimum atomic E-state index is -0.0598. The van der Waals surface area contributed by atoms with Gasteiger partial charge >= 0.3 is 0 Å². The first kappa shape index (κ1) is 18.4. The van der Waals surface area contributed by atoms with Crippen molar-refractivity contribution in [3.63, 3.8) is 0 Å². The van der Waals surface area contributed by atoms with E-state index in [0.29, 0.717) is 6.04 Å². The number of aromatic nitrogens is 3. The summed E-state index contributed by atoms with van der Waals surface area (Å²) in [6, 6.07) is 17.0. The zero-order valence-corrected chi connectivity index (χ0v) is 16.1. The number of anilines is 1. The highest BCUT2D eigenvalue weighted by atomic mass is 16.1. The van der Waals surface area contributed by atoms with Crippen LogP contribution in [-0.2, 0) is 17.8 Å². The van der Waals surface area contributed by atoms with E-state index in [-0.39, 0.29) is 5.91 Å². The quantitative estimate of drug-likeness (QED) is 0.691. The molecule has 0 aliphatic carbocycles. The first-order valence-electron chi connectivity index (χ1n) is 9.78. The molecule has 1 unspecified atom stereocenters. The van der Waals surface area contributed by atoms with Gasteiger partial charge in [0.05, 0.1) is 6.20 Å². The van der Waals surface area contributed by atoms with Crippen molar-refractivity contribution in [1.29, 1.82) is 0 Å². The molecule has 4 rings (SSSR count). The van der Waals surface area contributed by atoms with E-state index in [1.54, 1.807) is 0 Å². The Bertz CT molecular complexity index is 924. The molecule has 2 heterocycles. The number of hydrogen-bond acceptors (Lipinski definition) is 4. The number of nitrogens with zero attached hydrogens (tertiary/aromatic N) is 3. The fourth-order valence-electron chi connectivity index (χ4n) is 3.60. The van der Waals surface area contributed by atoms with Crippen LogP contribution in [0.2, 0.25) is 0 Å². The third kappa shape index (κ3) is 4.46. The highest BCUT2D eigenvalue weighted by Crippen LogP contribution is 2.25. The van der Waals surface area contributed by atoms with Crippen molar-refractivity contribution in [1.82, 2.24) is 20.3 Å². The summed E-state index contributed by atoms with van der Waals surface area (Å²) < 4.78 is 1.88. The van der Waals surface area contributed by atoms with Crippen molar-refractivity contribution in [3.8, 4) is 11.3 Å². The Labute approximate surface area is 165 Å². The molecule has 0 radical (unpaired) electrons. The van der Waals surface area contributed by atoms with E-state index in [2.05, 4.69) is 45.2 Å². The zero-order chi connectivity index (χ0) is 19.3. The van der Waals surface area contributed by atoms with E-state index >= 15 is 0 Å². The standard InChI is InChI=1S/C22H25N5O/c1-16(28)24-20-10-4-17(5-11-20)12-14-27-15-22(25-26-27)19-8-6-18(7-9-19)21-3-2-13-23-21/h4-11,15,21,23H,2-3,12-14H2,1H3,(H,24,28). The molecule has 1 aliphatic heterocycles. The molecule has 3 aromatic rings. The Morgan fingerprint density at radius 3 is 2.64 bits per heavy atom. The van der Waals surface area contributed by atoms with Gasteiger partial charge in [-0.15, -0.1) is 5.10 Å². The van der Waals surface area contributed by atoms with Gasteiger partial charge in [-0.25, -0.2) is 0 Å². The van der Waals surface area contributed by atoms with Crippen LogP contribution in [0.25, 0.3) is 11.3 Å². The van der Waals surface area contributed by atoms with E-state index in [9.17, 15) is 4.79 Å². The highest BCUT2D eigenvalue weighted by molar-refractivity contribution is 5.88. The largest absolute Gasteiger partial charge is 0.326 e. The summed E-state index contributed by atoms with van der Waals surface area (Å²) in [6.07, 6.45) is 5.31. The average Bonchev–Trinajstić information content (AvgIpc) is 3.39. The van der Waals surface area contributed by atoms with E-state index < -0.39 is 0 Å². The maximum Gasteiger partial charge on any atom is 0.221 e. The predicted molar refractivity (Wildman–Crippen MR) is 110 cm³/mol. The van der Waals surface area contributed by atoms with E-state index in [1.807, 2.05) is 35.1 Å². The maximum atomic E-state index is 11.1. The van der Waals surface area contributed by atoms with Gasteiger partial charge in [0.1, 0.15) is 5.69 Å². The summed E-state index contributed by atoms with van der Waals surface area (Å²) in [6.45, 7) is 3.38. The Hall–Kier alpha value is -2.99. The number of carbonyl (C=O) groups is 1. The van der Waals surface area contributed by atoms with Crippen molar-refractivity contribution in [2.75, 3.05) is 11.9 Å². The molecule has 1 saturated heterocycles. The Kier molecular flexibility index (Phi) is 5.48. The summed E-state index contributed by atoms with van der Waals surface area (Å²) in [5, 5.41) is 14.9. The fourth-order valence-corrected chi connectivity index (χ4v) is 3.60. The summed E-state index contributed by atoms with van der Waals surface area (Å²) >= 11 is 0. The van der Waals surface area contributed by atoms with Crippen LogP contribution in [-0.4, -0.2) is 27.4 Å². The molecule has 6 nitrogen and oxygen atoms in total. The van der Waals surface area contributed by atoms with Gasteiger partial charge in [0, 0.05) is 30.8 Å². The van der Waals surface area contributed by atoms with Crippen molar-refractivity contribution in [3.05, 3.63) is 65.9 Å². The number of rotatable bonds is 6. The van der Waals surface area contributed by atoms with Crippen LogP contribution < -0.4 is 10.6 Å². The topological polar surface area (TPSA) is 71.8 Å². The smallest absolute Gasteiger partial charge is 0.221 e. The van der Waals surface area contributed by atoms with Gasteiger partial charge in [0.2, 0.25) is 5.91 Å². The van der Waals surface area contributed by atoms with E-state index in [0.717, 1.165) is 36.5 Å². The molecule has 6 heteroatoms. The number of carbonyl (C=O) groups excluding carboxylic acids is 1. The molecule has 1 fully saturated rings. The second kappa shape index (κ2) is 8.35. The number of benzene rings is 2. The molecule has 2 aromatic carbocycles. The molecule has 2 N–H and O–H groups in total. The van der Waals surface area contributed by atoms with Crippen molar-refractivity contribution >= 4 is 11.6 Å². The molecule has 1 amide bonds. The first-order chi connectivity index (χ1) is 13.7. The van der Waals surface area contributed by atoms with Crippen LogP contribution in [0.1, 0.15) is 36.9 Å². The maximum absolute atomic E-state index is 11.1. The molecule has 0 saturated carbocycles. The van der Waals surface area contributed by atoms with Gasteiger partial charge in [-0.05, 0) is 49.1 Å². The molecule has 28 heavy (non-hydrogen) atoms. The Balaban J connectivity index is 1.35. The lowest BCUT2D eigenvalue weighted by Gasteiger charge is -2.10. The number of nitrogens with one attached hydrogen (secondary N) is 2. The molecule has 1 atom stereocenters. The third-order valence-electron chi connectivity index (χ3n) is 5.11. The summed E-state index contributed by atoms with van der Waals surface area (Å²) in [7, 11) is 0. The van der Waals surface area contributed by atoms with Crippen LogP contribution in [0.3, 0.4) is 0 Å². The van der Waals surface area contributed by atoms with Gasteiger partial charge in [0.25, 0.3) is 0 Å². The summed E-state index contributed by atoms with van der Waals surface area (Å²) in [4.78, 5) is 11.1. The van der Waals surface area contributed by atoms with Crippen LogP contribution in [0.4, 0.5) is 5.69 Å². The molecule has 0 spiro atoms. The second-order valence-electron chi connectivity index (χ2n) is 7.27. The Morgan fingerprint density at radius 1 is 1.18 bits per heavy atom. The van der Waals surface area contributed by atoms with Crippen LogP contribution in [0.15, 0.2) is 54.7 Å². The van der Waals surface area contributed by atoms with Crippen molar-refractivity contribution in [2.24, 2.45) is 0 Å². The minimum absolute atomic E-state index is 0.0598. The molecule has 1 aliphatic rings. The lowest BCUT2D eigenvalue weighted by molar-refractivity contribution is -0.114. The van der Waals surface area contributed by atoms with Crippen LogP contribution >= 0.6 is 0 Å². The summed E-state index contributed by atoms with van der Waals surface area (Å²) in [5.41, 5.74) is 5.34. The number of amides is 1. The van der Waals surface area contributed by atoms with Crippen LogP contribution in [0.5, 0.6) is 0 Å². The van der Waals surface area contributed by atoms with Gasteiger partial charge in [-0.3, -0.25) is 9.48 Å². The average molecular weight is 375 g/mol. The second-order valence-corrected chi connectivity index (χ2v) is 7.27. The normalized spacial score (nSPS) is 16.2. The lowest BCUT2D eigenvalue weighted by atomic mass is 10.0. The van der Waals surface area contributed by atoms with Gasteiger partial charge in [0.15, 0.2) is 0 Å². The minimum Gasteiger partial charge on any atom is -0.326 e. The highest BCUT2D eigenvalue weighted by Gasteiger charge is 2.16. The van der Waals surface area contributed by atoms with Gasteiger partial charge in [-0.1, -0.05) is 41.6 Å². The predicted octanol–water partition coefficient (Wildman–Crippen LogP) is 3.57. The summed E-state index contributed by atoms with van der Waals surface area (Å²) in [5.74, 6) is -0.0598. The molecular formula is C22H25N5O. The molecule has 0 bridgehead atoms. The third-order valence-corrected chi connectivity index (χ3v) is 5.11.